The molecule has 0 bridgehead atoms. The van der Waals surface area contributed by atoms with Gasteiger partial charge in [0.15, 0.2) is 15.7 Å². The highest BCUT2D eigenvalue weighted by Gasteiger charge is 2.42. The molecular weight excluding hydrogens is 1040 g/mol. The van der Waals surface area contributed by atoms with Gasteiger partial charge >= 0.3 is 0 Å². The van der Waals surface area contributed by atoms with Crippen molar-refractivity contribution in [1.29, 1.82) is 0 Å². The molecule has 0 saturated carbocycles. The standard InChI is InChI=1S/C56H69FN12O7S2/c1-34-35(2)64-65-50(34)63-51-42-30-47(78(74,75)56(4,5)6)46(31-43(42)59-33-60-51)76-29-9-21-66-25-27-67(28-26-66)41-17-13-39(14-18-41)54(72)68-23-19-37(20-24-68)48(62-52(71)36(3)58-7)55(73)69-22-8-10-45(69)53-61-44(32-77-53)49(70)38-11-15-40(57)16-12-38/h11-18,30-33,36-37,45,48,58H,8-10,19-29H2,1-7H3,(H,62,71)(H2,59,60,63,64,65). The molecule has 0 radical (unpaired) electrons. The zero-order chi connectivity index (χ0) is 55.5. The Morgan fingerprint density at radius 3 is 2.27 bits per heavy atom. The van der Waals surface area contributed by atoms with Gasteiger partial charge in [-0.15, -0.1) is 11.3 Å². The summed E-state index contributed by atoms with van der Waals surface area (Å²) < 4.78 is 46.7. The molecule has 22 heteroatoms. The predicted octanol–water partition coefficient (Wildman–Crippen LogP) is 7.01. The zero-order valence-corrected chi connectivity index (χ0v) is 46.9. The quantitative estimate of drug-likeness (QED) is 0.0501. The van der Waals surface area contributed by atoms with Crippen LogP contribution in [0.3, 0.4) is 0 Å². The summed E-state index contributed by atoms with van der Waals surface area (Å²) in [5, 5.41) is 19.4. The van der Waals surface area contributed by atoms with Crippen LogP contribution in [-0.4, -0.2) is 155 Å². The van der Waals surface area contributed by atoms with E-state index in [9.17, 15) is 32.0 Å². The highest BCUT2D eigenvalue weighted by molar-refractivity contribution is 7.92. The fourth-order valence-corrected chi connectivity index (χ4v) is 12.5. The van der Waals surface area contributed by atoms with Crippen LogP contribution in [0.2, 0.25) is 0 Å². The number of anilines is 3. The number of carbonyl (C=O) groups excluding carboxylic acids is 4. The normalized spacial score (nSPS) is 17.5. The minimum absolute atomic E-state index is 0.0825. The lowest BCUT2D eigenvalue weighted by Crippen LogP contribution is -2.57. The summed E-state index contributed by atoms with van der Waals surface area (Å²) in [6.45, 7) is 16.2. The Balaban J connectivity index is 0.770. The second kappa shape index (κ2) is 23.6. The van der Waals surface area contributed by atoms with Crippen LogP contribution in [0.5, 0.6) is 5.75 Å². The molecule has 0 spiro atoms. The van der Waals surface area contributed by atoms with E-state index < -0.39 is 32.5 Å². The van der Waals surface area contributed by atoms with Crippen LogP contribution in [0.4, 0.5) is 21.7 Å². The van der Waals surface area contributed by atoms with E-state index in [-0.39, 0.29) is 51.8 Å². The van der Waals surface area contributed by atoms with Crippen LogP contribution in [0.15, 0.2) is 77.3 Å². The van der Waals surface area contributed by atoms with E-state index in [1.54, 1.807) is 57.2 Å². The van der Waals surface area contributed by atoms with Crippen molar-refractivity contribution in [2.24, 2.45) is 5.92 Å². The topological polar surface area (TPSA) is 228 Å². The van der Waals surface area contributed by atoms with Gasteiger partial charge in [-0.05, 0) is 141 Å². The summed E-state index contributed by atoms with van der Waals surface area (Å²) in [6.07, 6.45) is 4.53. The third-order valence-electron chi connectivity index (χ3n) is 15.4. The number of amides is 3. The van der Waals surface area contributed by atoms with Crippen molar-refractivity contribution in [1.82, 2.24) is 50.5 Å². The van der Waals surface area contributed by atoms with E-state index in [0.29, 0.717) is 90.6 Å². The Bertz CT molecular complexity index is 3260. The van der Waals surface area contributed by atoms with E-state index in [4.69, 9.17) is 4.74 Å². The van der Waals surface area contributed by atoms with Crippen molar-refractivity contribution in [3.63, 3.8) is 0 Å². The second-order valence-electron chi connectivity index (χ2n) is 21.4. The molecular formula is C56H69FN12O7S2. The highest BCUT2D eigenvalue weighted by Crippen LogP contribution is 2.39. The van der Waals surface area contributed by atoms with Crippen LogP contribution < -0.4 is 25.6 Å². The fraction of sp³-hybridized carbons (Fsp3) is 0.464. The molecule has 19 nitrogen and oxygen atoms in total. The third kappa shape index (κ3) is 12.1. The fourth-order valence-electron chi connectivity index (χ4n) is 10.2. The Morgan fingerprint density at radius 2 is 1.60 bits per heavy atom. The number of aryl methyl sites for hydroxylation is 1. The molecule has 3 amide bonds. The first kappa shape index (κ1) is 55.9. The summed E-state index contributed by atoms with van der Waals surface area (Å²) in [5.41, 5.74) is 4.53. The predicted molar refractivity (Wildman–Crippen MR) is 298 cm³/mol. The number of ether oxygens (including phenoxy) is 1. The number of piperazine rings is 1. The Morgan fingerprint density at radius 1 is 0.897 bits per heavy atom. The summed E-state index contributed by atoms with van der Waals surface area (Å²) in [5.74, 6) is -0.284. The largest absolute Gasteiger partial charge is 0.492 e. The van der Waals surface area contributed by atoms with E-state index >= 15 is 0 Å². The monoisotopic (exact) mass is 1100 g/mol. The molecule has 0 aliphatic carbocycles. The molecule has 3 aromatic carbocycles. The first-order chi connectivity index (χ1) is 37.3. The first-order valence-electron chi connectivity index (χ1n) is 26.7. The molecule has 3 aromatic heterocycles. The molecule has 6 aromatic rings. The maximum Gasteiger partial charge on any atom is 0.253 e. The number of nitrogens with one attached hydrogen (secondary N) is 4. The smallest absolute Gasteiger partial charge is 0.253 e. The van der Waals surface area contributed by atoms with Crippen LogP contribution in [0.1, 0.15) is 109 Å². The van der Waals surface area contributed by atoms with Crippen LogP contribution in [0.25, 0.3) is 10.9 Å². The molecule has 3 fully saturated rings. The van der Waals surface area contributed by atoms with Gasteiger partial charge in [-0.3, -0.25) is 29.2 Å². The van der Waals surface area contributed by atoms with Crippen molar-refractivity contribution in [2.75, 3.05) is 76.2 Å². The molecule has 3 unspecified atom stereocenters. The van der Waals surface area contributed by atoms with Crippen LogP contribution in [-0.2, 0) is 19.4 Å². The molecule has 78 heavy (non-hydrogen) atoms. The lowest BCUT2D eigenvalue weighted by molar-refractivity contribution is -0.139. The van der Waals surface area contributed by atoms with Crippen LogP contribution >= 0.6 is 11.3 Å². The van der Waals surface area contributed by atoms with Crippen molar-refractivity contribution in [3.8, 4) is 5.75 Å². The number of likely N-dealkylation sites (tertiary alicyclic amines) is 2. The number of rotatable bonds is 18. The third-order valence-corrected chi connectivity index (χ3v) is 18.8. The number of aromatic nitrogens is 5. The summed E-state index contributed by atoms with van der Waals surface area (Å²) in [7, 11) is -2.14. The number of thiazole rings is 1. The number of fused-ring (bicyclic) bond motifs is 1. The van der Waals surface area contributed by atoms with Gasteiger partial charge in [0, 0.05) is 97.3 Å². The molecule has 3 saturated heterocycles. The zero-order valence-electron chi connectivity index (χ0n) is 45.3. The van der Waals surface area contributed by atoms with E-state index in [0.717, 1.165) is 56.1 Å². The van der Waals surface area contributed by atoms with E-state index in [1.807, 2.05) is 43.0 Å². The number of hydrogen-bond acceptors (Lipinski definition) is 16. The molecule has 4 N–H and O–H groups in total. The number of likely N-dealkylation sites (N-methyl/N-ethyl adjacent to an activating group) is 1. The van der Waals surface area contributed by atoms with Gasteiger partial charge in [0.2, 0.25) is 17.6 Å². The van der Waals surface area contributed by atoms with E-state index in [2.05, 4.69) is 50.9 Å². The van der Waals surface area contributed by atoms with E-state index in [1.165, 1.54) is 41.9 Å². The SMILES string of the molecule is CNC(C)C(=O)NC(C(=O)N1CCCC1c1nc(C(=O)c2ccc(F)cc2)cs1)C1CCN(C(=O)c2ccc(N3CCN(CCCOc4cc5ncnc(Nc6n[nH]c(C)c6C)c5cc4S(=O)(=O)C(C)(C)C)CC3)cc2)CC1. The number of aromatic amines is 1. The Labute approximate surface area is 458 Å². The Hall–Kier alpha value is -6.88. The van der Waals surface area contributed by atoms with Crippen molar-refractivity contribution >= 4 is 72.9 Å². The van der Waals surface area contributed by atoms with Crippen molar-refractivity contribution < 1.29 is 36.7 Å². The molecule has 6 heterocycles. The number of hydrogen-bond donors (Lipinski definition) is 4. The number of benzene rings is 3. The molecule has 414 valence electrons. The minimum atomic E-state index is -3.83. The van der Waals surface area contributed by atoms with Crippen LogP contribution in [0, 0.1) is 25.6 Å². The van der Waals surface area contributed by atoms with Gasteiger partial charge in [-0.1, -0.05) is 0 Å². The number of H-pyrrole nitrogens is 1. The maximum absolute atomic E-state index is 14.6. The number of ketones is 1. The van der Waals surface area contributed by atoms with Gasteiger partial charge in [0.25, 0.3) is 5.91 Å². The molecule has 3 atom stereocenters. The van der Waals surface area contributed by atoms with Gasteiger partial charge < -0.3 is 35.4 Å². The molecule has 3 aliphatic heterocycles. The maximum atomic E-state index is 14.6. The average Bonchev–Trinajstić information content (AvgIpc) is 4.26. The number of carbonyl (C=O) groups is 4. The highest BCUT2D eigenvalue weighted by atomic mass is 32.2. The molecule has 9 rings (SSSR count). The van der Waals surface area contributed by atoms with Gasteiger partial charge in [-0.25, -0.2) is 27.8 Å². The second-order valence-corrected chi connectivity index (χ2v) is 25.0. The lowest BCUT2D eigenvalue weighted by Gasteiger charge is -2.38. The van der Waals surface area contributed by atoms with Crippen molar-refractivity contribution in [3.05, 3.63) is 111 Å². The summed E-state index contributed by atoms with van der Waals surface area (Å²) >= 11 is 1.31. The first-order valence-corrected chi connectivity index (χ1v) is 29.0. The Kier molecular flexibility index (Phi) is 16.9. The van der Waals surface area contributed by atoms with Crippen molar-refractivity contribution in [2.45, 2.75) is 101 Å². The van der Waals surface area contributed by atoms with Gasteiger partial charge in [0.05, 0.1) is 29.0 Å². The number of nitrogens with zero attached hydrogens (tertiary/aromatic N) is 8. The number of piperidine rings is 1. The summed E-state index contributed by atoms with van der Waals surface area (Å²) in [4.78, 5) is 77.0. The lowest BCUT2D eigenvalue weighted by atomic mass is 9.87. The average molecular weight is 1110 g/mol. The van der Waals surface area contributed by atoms with Gasteiger partial charge in [0.1, 0.15) is 45.4 Å². The minimum Gasteiger partial charge on any atom is -0.492 e. The molecule has 3 aliphatic rings. The number of halogens is 1. The summed E-state index contributed by atoms with van der Waals surface area (Å²) in [6, 6.07) is 14.6. The number of sulfone groups is 1. The van der Waals surface area contributed by atoms with Gasteiger partial charge in [-0.2, -0.15) is 5.10 Å².